The first kappa shape index (κ1) is 28.6. The summed E-state index contributed by atoms with van der Waals surface area (Å²) in [5, 5.41) is 2.47. The van der Waals surface area contributed by atoms with Crippen LogP contribution in [0.3, 0.4) is 0 Å². The van der Waals surface area contributed by atoms with E-state index in [0.29, 0.717) is 5.56 Å². The number of ether oxygens (including phenoxy) is 2. The van der Waals surface area contributed by atoms with E-state index in [1.807, 2.05) is 22.6 Å². The maximum absolute atomic E-state index is 12.9. The summed E-state index contributed by atoms with van der Waals surface area (Å²) < 4.78 is 37.8. The van der Waals surface area contributed by atoms with Crippen molar-refractivity contribution in [3.05, 3.63) is 63.2 Å². The maximum Gasteiger partial charge on any atom is 0.269 e. The molecule has 3 amide bonds. The molecule has 2 rings (SSSR count). The molecule has 11 nitrogen and oxygen atoms in total. The van der Waals surface area contributed by atoms with Gasteiger partial charge in [-0.05, 0) is 59.0 Å². The third-order valence-electron chi connectivity index (χ3n) is 4.69. The van der Waals surface area contributed by atoms with Gasteiger partial charge in [-0.25, -0.2) is 8.42 Å². The van der Waals surface area contributed by atoms with Crippen molar-refractivity contribution in [2.45, 2.75) is 4.90 Å². The summed E-state index contributed by atoms with van der Waals surface area (Å²) in [5.41, 5.74) is 4.99. The van der Waals surface area contributed by atoms with Crippen LogP contribution in [0.15, 0.2) is 53.4 Å². The van der Waals surface area contributed by atoms with Crippen LogP contribution in [0.2, 0.25) is 0 Å². The van der Waals surface area contributed by atoms with Crippen molar-refractivity contribution in [1.29, 1.82) is 0 Å². The number of sulfonamides is 1. The Morgan fingerprint density at radius 3 is 2.06 bits per heavy atom. The highest BCUT2D eigenvalue weighted by Gasteiger charge is 2.24. The predicted molar refractivity (Wildman–Crippen MR) is 136 cm³/mol. The monoisotopic (exact) mass is 618 g/mol. The third kappa shape index (κ3) is 8.54. The van der Waals surface area contributed by atoms with Crippen LogP contribution in [0.1, 0.15) is 20.7 Å². The third-order valence-corrected chi connectivity index (χ3v) is 7.54. The highest BCUT2D eigenvalue weighted by atomic mass is 127. The molecule has 0 aliphatic heterocycles. The zero-order chi connectivity index (χ0) is 25.8. The fourth-order valence-corrected chi connectivity index (χ4v) is 4.85. The Kier molecular flexibility index (Phi) is 11.5. The number of hydrogen-bond acceptors (Lipinski definition) is 7. The van der Waals surface area contributed by atoms with E-state index in [-0.39, 0.29) is 43.3 Å². The Morgan fingerprint density at radius 2 is 1.49 bits per heavy atom. The topological polar surface area (TPSA) is 143 Å². The number of carbonyl (C=O) groups excluding carboxylic acids is 3. The fraction of sp³-hybridized carbons (Fsp3) is 0.318. The first-order valence-electron chi connectivity index (χ1n) is 10.4. The zero-order valence-corrected chi connectivity index (χ0v) is 22.2. The summed E-state index contributed by atoms with van der Waals surface area (Å²) >= 11 is 2.02. The molecule has 0 aliphatic rings. The number of methoxy groups -OCH3 is 2. The van der Waals surface area contributed by atoms with Gasteiger partial charge in [0.2, 0.25) is 10.0 Å². The number of nitrogens with one attached hydrogen (secondary N) is 3. The lowest BCUT2D eigenvalue weighted by Gasteiger charge is -2.21. The molecule has 0 bridgehead atoms. The minimum absolute atomic E-state index is 0.00329. The second kappa shape index (κ2) is 14.1. The lowest BCUT2D eigenvalue weighted by atomic mass is 10.2. The van der Waals surface area contributed by atoms with Crippen molar-refractivity contribution in [3.63, 3.8) is 0 Å². The van der Waals surface area contributed by atoms with Gasteiger partial charge in [0, 0.05) is 36.4 Å². The van der Waals surface area contributed by atoms with E-state index in [1.54, 1.807) is 24.3 Å². The Hall–Kier alpha value is -2.59. The van der Waals surface area contributed by atoms with Gasteiger partial charge in [-0.3, -0.25) is 25.2 Å². The van der Waals surface area contributed by atoms with Gasteiger partial charge in [0.05, 0.1) is 30.2 Å². The summed E-state index contributed by atoms with van der Waals surface area (Å²) in [5.74, 6) is -1.70. The normalized spacial score (nSPS) is 11.2. The smallest absolute Gasteiger partial charge is 0.269 e. The highest BCUT2D eigenvalue weighted by Crippen LogP contribution is 2.16. The van der Waals surface area contributed by atoms with Gasteiger partial charge in [0.1, 0.15) is 0 Å². The van der Waals surface area contributed by atoms with Crippen molar-refractivity contribution in [2.24, 2.45) is 0 Å². The SMILES string of the molecule is COCCN(CCOC)S(=O)(=O)c1ccc(C(=O)NNC(=O)CNC(=O)c2ccccc2I)cc1. The maximum atomic E-state index is 12.9. The van der Waals surface area contributed by atoms with E-state index in [4.69, 9.17) is 9.47 Å². The van der Waals surface area contributed by atoms with Crippen LogP contribution in [0, 0.1) is 3.57 Å². The second-order valence-electron chi connectivity index (χ2n) is 7.08. The van der Waals surface area contributed by atoms with Gasteiger partial charge in [-0.15, -0.1) is 0 Å². The number of nitrogens with zero attached hydrogens (tertiary/aromatic N) is 1. The largest absolute Gasteiger partial charge is 0.383 e. The molecule has 0 aliphatic carbocycles. The van der Waals surface area contributed by atoms with Gasteiger partial charge in [-0.1, -0.05) is 12.1 Å². The van der Waals surface area contributed by atoms with Crippen LogP contribution in [-0.4, -0.2) is 77.5 Å². The highest BCUT2D eigenvalue weighted by molar-refractivity contribution is 14.1. The molecule has 0 fully saturated rings. The molecule has 3 N–H and O–H groups in total. The van der Waals surface area contributed by atoms with Crippen molar-refractivity contribution in [3.8, 4) is 0 Å². The molecule has 35 heavy (non-hydrogen) atoms. The molecule has 0 radical (unpaired) electrons. The molecule has 190 valence electrons. The van der Waals surface area contributed by atoms with Crippen molar-refractivity contribution in [1.82, 2.24) is 20.5 Å². The Labute approximate surface area is 217 Å². The lowest BCUT2D eigenvalue weighted by molar-refractivity contribution is -0.120. The van der Waals surface area contributed by atoms with Crippen LogP contribution >= 0.6 is 22.6 Å². The standard InChI is InChI=1S/C22H27IN4O7S/c1-33-13-11-27(12-14-34-2)35(31,32)17-9-7-16(8-10-17)21(29)26-25-20(28)15-24-22(30)18-5-3-4-6-19(18)23/h3-10H,11-15H2,1-2H3,(H,24,30)(H,25,28)(H,26,29). The van der Waals surface area contributed by atoms with Crippen molar-refractivity contribution >= 4 is 50.3 Å². The molecule has 0 spiro atoms. The molecule has 0 atom stereocenters. The molecule has 13 heteroatoms. The van der Waals surface area contributed by atoms with E-state index in [2.05, 4.69) is 16.2 Å². The average Bonchev–Trinajstić information content (AvgIpc) is 2.86. The minimum atomic E-state index is -3.82. The minimum Gasteiger partial charge on any atom is -0.383 e. The van der Waals surface area contributed by atoms with Gasteiger partial charge in [-0.2, -0.15) is 4.31 Å². The van der Waals surface area contributed by atoms with Crippen molar-refractivity contribution < 1.29 is 32.3 Å². The van der Waals surface area contributed by atoms with E-state index >= 15 is 0 Å². The number of halogens is 1. The average molecular weight is 618 g/mol. The molecule has 0 aromatic heterocycles. The van der Waals surface area contributed by atoms with Crippen LogP contribution in [0.5, 0.6) is 0 Å². The van der Waals surface area contributed by atoms with Gasteiger partial charge in [0.25, 0.3) is 17.7 Å². The van der Waals surface area contributed by atoms with Crippen LogP contribution < -0.4 is 16.2 Å². The van der Waals surface area contributed by atoms with E-state index in [1.165, 1.54) is 42.8 Å². The summed E-state index contributed by atoms with van der Waals surface area (Å²) in [6.07, 6.45) is 0. The summed E-state index contributed by atoms with van der Waals surface area (Å²) in [4.78, 5) is 36.5. The molecule has 2 aromatic carbocycles. The van der Waals surface area contributed by atoms with Gasteiger partial charge in [0.15, 0.2) is 0 Å². The fourth-order valence-electron chi connectivity index (χ4n) is 2.81. The number of hydrogen-bond donors (Lipinski definition) is 3. The van der Waals surface area contributed by atoms with Crippen LogP contribution in [-0.2, 0) is 24.3 Å². The first-order chi connectivity index (χ1) is 16.7. The van der Waals surface area contributed by atoms with Crippen LogP contribution in [0.4, 0.5) is 0 Å². The molecule has 0 saturated carbocycles. The summed E-state index contributed by atoms with van der Waals surface area (Å²) in [6.45, 7) is 0.384. The number of carbonyl (C=O) groups is 3. The Bertz CT molecular complexity index is 1120. The zero-order valence-electron chi connectivity index (χ0n) is 19.2. The van der Waals surface area contributed by atoms with E-state index in [0.717, 1.165) is 3.57 Å². The summed E-state index contributed by atoms with van der Waals surface area (Å²) in [6, 6.07) is 12.2. The first-order valence-corrected chi connectivity index (χ1v) is 12.9. The van der Waals surface area contributed by atoms with Crippen molar-refractivity contribution in [2.75, 3.05) is 47.1 Å². The number of benzene rings is 2. The van der Waals surface area contributed by atoms with Gasteiger partial charge >= 0.3 is 0 Å². The molecule has 0 heterocycles. The molecular formula is C22H27IN4O7S. The Balaban J connectivity index is 1.92. The number of hydrazine groups is 1. The molecule has 2 aromatic rings. The quantitative estimate of drug-likeness (QED) is 0.236. The molecular weight excluding hydrogens is 591 g/mol. The lowest BCUT2D eigenvalue weighted by Crippen LogP contribution is -2.46. The Morgan fingerprint density at radius 1 is 0.886 bits per heavy atom. The predicted octanol–water partition coefficient (Wildman–Crippen LogP) is 0.766. The van der Waals surface area contributed by atoms with Crippen LogP contribution in [0.25, 0.3) is 0 Å². The van der Waals surface area contributed by atoms with E-state index < -0.39 is 27.7 Å². The molecule has 0 unspecified atom stereocenters. The second-order valence-corrected chi connectivity index (χ2v) is 10.2. The molecule has 0 saturated heterocycles. The van der Waals surface area contributed by atoms with E-state index in [9.17, 15) is 22.8 Å². The van der Waals surface area contributed by atoms with Gasteiger partial charge < -0.3 is 14.8 Å². The number of amides is 3. The summed E-state index contributed by atoms with van der Waals surface area (Å²) in [7, 11) is -0.869. The number of rotatable bonds is 12.